The molecule has 3 nitrogen and oxygen atoms in total. The molecule has 0 unspecified atom stereocenters. The largest absolute Gasteiger partial charge is 0.478 e. The van der Waals surface area contributed by atoms with Crippen LogP contribution in [-0.2, 0) is 0 Å². The minimum absolute atomic E-state index is 0.122. The van der Waals surface area contributed by atoms with Crippen molar-refractivity contribution in [3.63, 3.8) is 0 Å². The van der Waals surface area contributed by atoms with Gasteiger partial charge >= 0.3 is 5.97 Å². The summed E-state index contributed by atoms with van der Waals surface area (Å²) < 4.78 is 13.6. The molecule has 0 atom stereocenters. The van der Waals surface area contributed by atoms with Crippen molar-refractivity contribution < 1.29 is 14.3 Å². The molecule has 0 aliphatic carbocycles. The molecule has 1 aromatic carbocycles. The number of fused-ring (bicyclic) bond motifs is 1. The molecule has 15 heavy (non-hydrogen) atoms. The molecule has 0 bridgehead atoms. The minimum atomic E-state index is -1.06. The number of rotatable bonds is 1. The third-order valence-corrected chi connectivity index (χ3v) is 2.85. The molecule has 0 saturated carbocycles. The van der Waals surface area contributed by atoms with E-state index in [2.05, 4.69) is 20.9 Å². The van der Waals surface area contributed by atoms with Crippen molar-refractivity contribution in [1.29, 1.82) is 0 Å². The van der Waals surface area contributed by atoms with E-state index in [0.29, 0.717) is 21.1 Å². The highest BCUT2D eigenvalue weighted by Gasteiger charge is 2.16. The van der Waals surface area contributed by atoms with Crippen LogP contribution in [0.3, 0.4) is 0 Å². The molecule has 0 amide bonds. The van der Waals surface area contributed by atoms with Crippen LogP contribution in [0.5, 0.6) is 0 Å². The molecule has 1 aromatic heterocycles. The SMILES string of the molecule is Cc1[nH]c2cc(Br)c(F)cc2c1C(=O)O. The molecule has 1 heterocycles. The van der Waals surface area contributed by atoms with Crippen molar-refractivity contribution in [2.24, 2.45) is 0 Å². The minimum Gasteiger partial charge on any atom is -0.478 e. The third-order valence-electron chi connectivity index (χ3n) is 2.24. The summed E-state index contributed by atoms with van der Waals surface area (Å²) in [6, 6.07) is 2.75. The number of aromatic amines is 1. The van der Waals surface area contributed by atoms with Gasteiger partial charge in [0.2, 0.25) is 0 Å². The average molecular weight is 272 g/mol. The lowest BCUT2D eigenvalue weighted by Gasteiger charge is -1.96. The van der Waals surface area contributed by atoms with Crippen LogP contribution in [0.2, 0.25) is 0 Å². The molecule has 2 N–H and O–H groups in total. The van der Waals surface area contributed by atoms with Gasteiger partial charge in [-0.1, -0.05) is 0 Å². The standard InChI is InChI=1S/C10H7BrFNO2/c1-4-9(10(14)15)5-2-7(12)6(11)3-8(5)13-4/h2-3,13H,1H3,(H,14,15). The lowest BCUT2D eigenvalue weighted by atomic mass is 10.1. The predicted molar refractivity (Wildman–Crippen MR) is 57.7 cm³/mol. The van der Waals surface area contributed by atoms with E-state index < -0.39 is 11.8 Å². The Kier molecular flexibility index (Phi) is 2.26. The van der Waals surface area contributed by atoms with Gasteiger partial charge in [-0.05, 0) is 35.0 Å². The van der Waals surface area contributed by atoms with E-state index in [9.17, 15) is 9.18 Å². The first-order chi connectivity index (χ1) is 7.00. The van der Waals surface area contributed by atoms with Gasteiger partial charge in [0.15, 0.2) is 0 Å². The number of carbonyl (C=O) groups is 1. The topological polar surface area (TPSA) is 53.1 Å². The number of aryl methyl sites for hydroxylation is 1. The number of hydrogen-bond acceptors (Lipinski definition) is 1. The second-order valence-corrected chi connectivity index (χ2v) is 4.10. The summed E-state index contributed by atoms with van der Waals surface area (Å²) in [5.41, 5.74) is 1.25. The van der Waals surface area contributed by atoms with Crippen LogP contribution in [0.25, 0.3) is 10.9 Å². The van der Waals surface area contributed by atoms with Crippen LogP contribution >= 0.6 is 15.9 Å². The van der Waals surface area contributed by atoms with E-state index >= 15 is 0 Å². The van der Waals surface area contributed by atoms with Gasteiger partial charge < -0.3 is 10.1 Å². The van der Waals surface area contributed by atoms with E-state index in [1.54, 1.807) is 6.92 Å². The first kappa shape index (κ1) is 10.2. The Morgan fingerprint density at radius 3 is 2.80 bits per heavy atom. The fraction of sp³-hybridized carbons (Fsp3) is 0.100. The Morgan fingerprint density at radius 1 is 1.53 bits per heavy atom. The van der Waals surface area contributed by atoms with E-state index in [1.165, 1.54) is 12.1 Å². The Hall–Kier alpha value is -1.36. The molecule has 0 radical (unpaired) electrons. The van der Waals surface area contributed by atoms with Crippen LogP contribution in [0, 0.1) is 12.7 Å². The van der Waals surface area contributed by atoms with Crippen LogP contribution in [0.15, 0.2) is 16.6 Å². The average Bonchev–Trinajstić information content (AvgIpc) is 2.41. The Bertz CT molecular complexity index is 562. The van der Waals surface area contributed by atoms with Gasteiger partial charge in [-0.15, -0.1) is 0 Å². The Morgan fingerprint density at radius 2 is 2.20 bits per heavy atom. The quantitative estimate of drug-likeness (QED) is 0.838. The molecule has 0 aliphatic heterocycles. The highest BCUT2D eigenvalue weighted by molar-refractivity contribution is 9.10. The molecule has 2 rings (SSSR count). The molecule has 5 heteroatoms. The summed E-state index contributed by atoms with van der Waals surface area (Å²) in [6.45, 7) is 1.65. The number of hydrogen-bond donors (Lipinski definition) is 2. The van der Waals surface area contributed by atoms with Crippen LogP contribution in [0.4, 0.5) is 4.39 Å². The van der Waals surface area contributed by atoms with Gasteiger partial charge in [-0.25, -0.2) is 9.18 Å². The fourth-order valence-corrected chi connectivity index (χ4v) is 1.94. The molecule has 0 saturated heterocycles. The van der Waals surface area contributed by atoms with Gasteiger partial charge in [-0.2, -0.15) is 0 Å². The van der Waals surface area contributed by atoms with Crippen LogP contribution < -0.4 is 0 Å². The zero-order valence-corrected chi connectivity index (χ0v) is 9.35. The maximum atomic E-state index is 13.2. The van der Waals surface area contributed by atoms with Gasteiger partial charge in [0.1, 0.15) is 5.82 Å². The van der Waals surface area contributed by atoms with Crippen molar-refractivity contribution in [1.82, 2.24) is 4.98 Å². The third kappa shape index (κ3) is 1.52. The number of carboxylic acids is 1. The molecule has 78 valence electrons. The van der Waals surface area contributed by atoms with Crippen molar-refractivity contribution in [2.75, 3.05) is 0 Å². The van der Waals surface area contributed by atoms with Crippen molar-refractivity contribution in [2.45, 2.75) is 6.92 Å². The normalized spacial score (nSPS) is 10.9. The van der Waals surface area contributed by atoms with Crippen molar-refractivity contribution in [3.05, 3.63) is 33.7 Å². The van der Waals surface area contributed by atoms with Gasteiger partial charge in [0.25, 0.3) is 0 Å². The maximum absolute atomic E-state index is 13.2. The maximum Gasteiger partial charge on any atom is 0.338 e. The molecular weight excluding hydrogens is 265 g/mol. The summed E-state index contributed by atoms with van der Waals surface area (Å²) >= 11 is 3.04. The van der Waals surface area contributed by atoms with E-state index in [0.717, 1.165) is 0 Å². The molecule has 0 fully saturated rings. The van der Waals surface area contributed by atoms with Crippen molar-refractivity contribution in [3.8, 4) is 0 Å². The highest BCUT2D eigenvalue weighted by Crippen LogP contribution is 2.27. The second-order valence-electron chi connectivity index (χ2n) is 3.24. The van der Waals surface area contributed by atoms with E-state index in [1.807, 2.05) is 0 Å². The summed E-state index contributed by atoms with van der Waals surface area (Å²) in [5.74, 6) is -1.52. The van der Waals surface area contributed by atoms with E-state index in [4.69, 9.17) is 5.11 Å². The number of aromatic carboxylic acids is 1. The highest BCUT2D eigenvalue weighted by atomic mass is 79.9. The fourth-order valence-electron chi connectivity index (χ4n) is 1.60. The zero-order valence-electron chi connectivity index (χ0n) is 7.77. The van der Waals surface area contributed by atoms with Crippen molar-refractivity contribution >= 4 is 32.8 Å². The number of halogens is 2. The number of benzene rings is 1. The number of H-pyrrole nitrogens is 1. The van der Waals surface area contributed by atoms with Crippen LogP contribution in [0.1, 0.15) is 16.1 Å². The lowest BCUT2D eigenvalue weighted by molar-refractivity contribution is 0.0698. The smallest absolute Gasteiger partial charge is 0.338 e. The first-order valence-electron chi connectivity index (χ1n) is 4.21. The summed E-state index contributed by atoms with van der Waals surface area (Å²) in [7, 11) is 0. The number of nitrogens with one attached hydrogen (secondary N) is 1. The molecular formula is C10H7BrFNO2. The summed E-state index contributed by atoms with van der Waals surface area (Å²) in [4.78, 5) is 13.8. The lowest BCUT2D eigenvalue weighted by Crippen LogP contribution is -1.97. The molecule has 0 aliphatic rings. The second kappa shape index (κ2) is 3.34. The summed E-state index contributed by atoms with van der Waals surface area (Å²) in [6.07, 6.45) is 0. The summed E-state index contributed by atoms with van der Waals surface area (Å²) in [5, 5.41) is 9.35. The van der Waals surface area contributed by atoms with Crippen LogP contribution in [-0.4, -0.2) is 16.1 Å². The number of carboxylic acid groups (broad SMARTS) is 1. The molecule has 2 aromatic rings. The predicted octanol–water partition coefficient (Wildman–Crippen LogP) is 3.08. The van der Waals surface area contributed by atoms with E-state index in [-0.39, 0.29) is 5.56 Å². The van der Waals surface area contributed by atoms with Gasteiger partial charge in [0, 0.05) is 16.6 Å². The monoisotopic (exact) mass is 271 g/mol. The number of aromatic nitrogens is 1. The van der Waals surface area contributed by atoms with Gasteiger partial charge in [0.05, 0.1) is 10.0 Å². The molecule has 0 spiro atoms. The Balaban J connectivity index is 2.87. The first-order valence-corrected chi connectivity index (χ1v) is 5.00. The Labute approximate surface area is 93.0 Å². The van der Waals surface area contributed by atoms with Gasteiger partial charge in [-0.3, -0.25) is 0 Å². The zero-order chi connectivity index (χ0) is 11.2.